The van der Waals surface area contributed by atoms with Crippen LogP contribution in [0.4, 0.5) is 0 Å². The Labute approximate surface area is 131 Å². The molecule has 1 atom stereocenters. The molecule has 3 nitrogen and oxygen atoms in total. The van der Waals surface area contributed by atoms with Crippen molar-refractivity contribution >= 4 is 23.2 Å². The van der Waals surface area contributed by atoms with Gasteiger partial charge in [0, 0.05) is 37.8 Å². The first-order chi connectivity index (χ1) is 9.58. The average molecular weight is 316 g/mol. The van der Waals surface area contributed by atoms with Crippen LogP contribution in [0.5, 0.6) is 0 Å². The minimum absolute atomic E-state index is 0.344. The second kappa shape index (κ2) is 7.60. The van der Waals surface area contributed by atoms with Gasteiger partial charge in [-0.15, -0.1) is 0 Å². The zero-order chi connectivity index (χ0) is 14.5. The van der Waals surface area contributed by atoms with Crippen LogP contribution in [0.3, 0.4) is 0 Å². The summed E-state index contributed by atoms with van der Waals surface area (Å²) in [7, 11) is 0. The molecule has 1 aliphatic rings. The van der Waals surface area contributed by atoms with E-state index in [1.807, 2.05) is 12.1 Å². The summed E-state index contributed by atoms with van der Waals surface area (Å²) in [6, 6.07) is 4.22. The molecule has 20 heavy (non-hydrogen) atoms. The molecular formula is C15H23Cl2N3. The fourth-order valence-electron chi connectivity index (χ4n) is 2.69. The highest BCUT2D eigenvalue weighted by Gasteiger charge is 2.24. The highest BCUT2D eigenvalue weighted by molar-refractivity contribution is 6.32. The molecule has 0 saturated carbocycles. The molecule has 0 radical (unpaired) electrons. The lowest BCUT2D eigenvalue weighted by molar-refractivity contribution is 0.159. The third-order valence-corrected chi connectivity index (χ3v) is 4.33. The van der Waals surface area contributed by atoms with Crippen molar-refractivity contribution < 1.29 is 0 Å². The van der Waals surface area contributed by atoms with Gasteiger partial charge in [-0.25, -0.2) is 4.98 Å². The number of pyridine rings is 1. The number of halogens is 2. The SMILES string of the molecule is CC(C)CC[C@H](c1ccc(Cl)nc1Cl)N1CCNCC1. The van der Waals surface area contributed by atoms with Gasteiger partial charge in [-0.2, -0.15) is 0 Å². The molecule has 0 amide bonds. The van der Waals surface area contributed by atoms with Gasteiger partial charge in [0.1, 0.15) is 10.3 Å². The van der Waals surface area contributed by atoms with Gasteiger partial charge in [-0.1, -0.05) is 43.1 Å². The second-order valence-electron chi connectivity index (χ2n) is 5.79. The molecule has 1 aromatic heterocycles. The van der Waals surface area contributed by atoms with Gasteiger partial charge in [0.05, 0.1) is 0 Å². The number of hydrogen-bond acceptors (Lipinski definition) is 3. The predicted molar refractivity (Wildman–Crippen MR) is 85.5 cm³/mol. The molecule has 2 rings (SSSR count). The van der Waals surface area contributed by atoms with Crippen LogP contribution >= 0.6 is 23.2 Å². The Morgan fingerprint density at radius 3 is 2.50 bits per heavy atom. The summed E-state index contributed by atoms with van der Waals surface area (Å²) in [5, 5.41) is 4.40. The van der Waals surface area contributed by atoms with Crippen molar-refractivity contribution in [3.05, 3.63) is 28.0 Å². The van der Waals surface area contributed by atoms with Gasteiger partial charge in [-0.05, 0) is 24.8 Å². The standard InChI is InChI=1S/C15H23Cl2N3/c1-11(2)3-5-13(20-9-7-18-8-10-20)12-4-6-14(16)19-15(12)17/h4,6,11,13,18H,3,5,7-10H2,1-2H3/t13-/m1/s1. The van der Waals surface area contributed by atoms with Crippen LogP contribution in [0.2, 0.25) is 10.3 Å². The number of hydrogen-bond donors (Lipinski definition) is 1. The Morgan fingerprint density at radius 2 is 1.90 bits per heavy atom. The van der Waals surface area contributed by atoms with E-state index in [1.54, 1.807) is 0 Å². The van der Waals surface area contributed by atoms with Crippen LogP contribution in [0.15, 0.2) is 12.1 Å². The maximum atomic E-state index is 6.32. The summed E-state index contributed by atoms with van der Waals surface area (Å²) in [4.78, 5) is 6.71. The van der Waals surface area contributed by atoms with Crippen LogP contribution in [-0.2, 0) is 0 Å². The summed E-state index contributed by atoms with van der Waals surface area (Å²) in [5.74, 6) is 0.694. The quantitative estimate of drug-likeness (QED) is 0.838. The third kappa shape index (κ3) is 4.32. The first-order valence-electron chi connectivity index (χ1n) is 7.34. The fourth-order valence-corrected chi connectivity index (χ4v) is 3.16. The Balaban J connectivity index is 2.19. The van der Waals surface area contributed by atoms with Gasteiger partial charge in [-0.3, -0.25) is 4.90 Å². The maximum Gasteiger partial charge on any atom is 0.135 e. The van der Waals surface area contributed by atoms with Gasteiger partial charge >= 0.3 is 0 Å². The molecule has 5 heteroatoms. The second-order valence-corrected chi connectivity index (χ2v) is 6.53. The number of piperazine rings is 1. The molecule has 0 unspecified atom stereocenters. The van der Waals surface area contributed by atoms with E-state index in [-0.39, 0.29) is 0 Å². The summed E-state index contributed by atoms with van der Waals surface area (Å²) in [6.45, 7) is 8.71. The molecule has 1 fully saturated rings. The molecular weight excluding hydrogens is 293 g/mol. The van der Waals surface area contributed by atoms with E-state index >= 15 is 0 Å². The van der Waals surface area contributed by atoms with E-state index in [4.69, 9.17) is 23.2 Å². The molecule has 1 N–H and O–H groups in total. The molecule has 1 aromatic rings. The molecule has 0 spiro atoms. The van der Waals surface area contributed by atoms with E-state index in [9.17, 15) is 0 Å². The van der Waals surface area contributed by atoms with Gasteiger partial charge in [0.15, 0.2) is 0 Å². The smallest absolute Gasteiger partial charge is 0.135 e. The lowest BCUT2D eigenvalue weighted by Gasteiger charge is -2.35. The Bertz CT molecular complexity index is 431. The summed E-state index contributed by atoms with van der Waals surface area (Å²) < 4.78 is 0. The Morgan fingerprint density at radius 1 is 1.20 bits per heavy atom. The first-order valence-corrected chi connectivity index (χ1v) is 8.10. The van der Waals surface area contributed by atoms with Crippen molar-refractivity contribution in [3.8, 4) is 0 Å². The van der Waals surface area contributed by atoms with Crippen LogP contribution in [0.25, 0.3) is 0 Å². The lowest BCUT2D eigenvalue weighted by atomic mass is 9.97. The summed E-state index contributed by atoms with van der Waals surface area (Å²) >= 11 is 12.2. The fraction of sp³-hybridized carbons (Fsp3) is 0.667. The largest absolute Gasteiger partial charge is 0.314 e. The minimum Gasteiger partial charge on any atom is -0.314 e. The van der Waals surface area contributed by atoms with Crippen molar-refractivity contribution in [3.63, 3.8) is 0 Å². The number of aromatic nitrogens is 1. The van der Waals surface area contributed by atoms with Crippen molar-refractivity contribution in [2.24, 2.45) is 5.92 Å². The molecule has 112 valence electrons. The zero-order valence-corrected chi connectivity index (χ0v) is 13.7. The lowest BCUT2D eigenvalue weighted by Crippen LogP contribution is -2.45. The average Bonchev–Trinajstić information content (AvgIpc) is 2.42. The van der Waals surface area contributed by atoms with E-state index in [0.29, 0.717) is 22.3 Å². The van der Waals surface area contributed by atoms with Crippen molar-refractivity contribution in [2.75, 3.05) is 26.2 Å². The summed E-state index contributed by atoms with van der Waals surface area (Å²) in [6.07, 6.45) is 2.30. The maximum absolute atomic E-state index is 6.32. The van der Waals surface area contributed by atoms with Crippen LogP contribution < -0.4 is 5.32 Å². The van der Waals surface area contributed by atoms with E-state index < -0.39 is 0 Å². The predicted octanol–water partition coefficient (Wildman–Crippen LogP) is 3.77. The third-order valence-electron chi connectivity index (χ3n) is 3.81. The Hall–Kier alpha value is -0.350. The van der Waals surface area contributed by atoms with Crippen LogP contribution in [-0.4, -0.2) is 36.1 Å². The topological polar surface area (TPSA) is 28.2 Å². The number of nitrogens with zero attached hydrogens (tertiary/aromatic N) is 2. The van der Waals surface area contributed by atoms with Crippen molar-refractivity contribution in [1.82, 2.24) is 15.2 Å². The molecule has 2 heterocycles. The van der Waals surface area contributed by atoms with Crippen LogP contribution in [0.1, 0.15) is 38.3 Å². The number of nitrogens with one attached hydrogen (secondary N) is 1. The summed E-state index contributed by atoms with van der Waals surface area (Å²) in [5.41, 5.74) is 1.11. The van der Waals surface area contributed by atoms with E-state index in [2.05, 4.69) is 29.0 Å². The molecule has 1 saturated heterocycles. The van der Waals surface area contributed by atoms with Gasteiger partial charge in [0.25, 0.3) is 0 Å². The van der Waals surface area contributed by atoms with Gasteiger partial charge < -0.3 is 5.32 Å². The first kappa shape index (κ1) is 16.0. The van der Waals surface area contributed by atoms with Crippen molar-refractivity contribution in [2.45, 2.75) is 32.7 Å². The molecule has 0 aliphatic carbocycles. The monoisotopic (exact) mass is 315 g/mol. The van der Waals surface area contributed by atoms with Crippen molar-refractivity contribution in [1.29, 1.82) is 0 Å². The van der Waals surface area contributed by atoms with Gasteiger partial charge in [0.2, 0.25) is 0 Å². The minimum atomic E-state index is 0.344. The van der Waals surface area contributed by atoms with Crippen LogP contribution in [0, 0.1) is 5.92 Å². The Kier molecular flexibility index (Phi) is 6.09. The normalized spacial score (nSPS) is 18.4. The number of rotatable bonds is 5. The molecule has 1 aliphatic heterocycles. The highest BCUT2D eigenvalue weighted by Crippen LogP contribution is 2.32. The van der Waals surface area contributed by atoms with E-state index in [0.717, 1.165) is 38.2 Å². The zero-order valence-electron chi connectivity index (χ0n) is 12.2. The highest BCUT2D eigenvalue weighted by atomic mass is 35.5. The molecule has 0 bridgehead atoms. The van der Waals surface area contributed by atoms with E-state index in [1.165, 1.54) is 6.42 Å². The molecule has 0 aromatic carbocycles.